The lowest BCUT2D eigenvalue weighted by Gasteiger charge is -2.19. The average molecular weight is 474 g/mol. The summed E-state index contributed by atoms with van der Waals surface area (Å²) in [5.41, 5.74) is 2.28. The Bertz CT molecular complexity index is 1100. The molecule has 3 aromatic rings. The Hall–Kier alpha value is -4.13. The molecule has 7 heteroatoms. The van der Waals surface area contributed by atoms with Gasteiger partial charge in [-0.3, -0.25) is 9.59 Å². The molecule has 0 atom stereocenters. The van der Waals surface area contributed by atoms with Gasteiger partial charge in [0.2, 0.25) is 11.8 Å². The number of benzene rings is 3. The normalized spacial score (nSPS) is 11.0. The molecule has 7 nitrogen and oxygen atoms in total. The summed E-state index contributed by atoms with van der Waals surface area (Å²) in [5.74, 6) is -0.919. The summed E-state index contributed by atoms with van der Waals surface area (Å²) in [5, 5.41) is 8.31. The Morgan fingerprint density at radius 1 is 0.771 bits per heavy atom. The molecule has 0 heterocycles. The maximum Gasteiger partial charge on any atom is 0.407 e. The summed E-state index contributed by atoms with van der Waals surface area (Å²) in [6.07, 6.45) is -0.485. The van der Waals surface area contributed by atoms with Crippen molar-refractivity contribution in [1.29, 1.82) is 0 Å². The van der Waals surface area contributed by atoms with Gasteiger partial charge in [-0.05, 0) is 50.1 Å². The van der Waals surface area contributed by atoms with Gasteiger partial charge in [0.15, 0.2) is 0 Å². The molecule has 3 N–H and O–H groups in total. The van der Waals surface area contributed by atoms with Crippen LogP contribution >= 0.6 is 0 Å². The maximum absolute atomic E-state index is 13.3. The summed E-state index contributed by atoms with van der Waals surface area (Å²) >= 11 is 0. The summed E-state index contributed by atoms with van der Waals surface area (Å²) in [6.45, 7) is 5.46. The van der Waals surface area contributed by atoms with Crippen LogP contribution in [0.2, 0.25) is 0 Å². The SMILES string of the molecule is CC(C)(C)OC(=O)NCCC(=O)Nc1cccc(NC(=O)C(c2ccccc2)c2ccccc2)c1. The third-order valence-electron chi connectivity index (χ3n) is 4.96. The molecule has 0 saturated heterocycles. The van der Waals surface area contributed by atoms with Crippen LogP contribution in [0.1, 0.15) is 44.2 Å². The first-order chi connectivity index (χ1) is 16.7. The van der Waals surface area contributed by atoms with Crippen molar-refractivity contribution >= 4 is 29.3 Å². The molecular formula is C28H31N3O4. The minimum absolute atomic E-state index is 0.0833. The second-order valence-corrected chi connectivity index (χ2v) is 9.05. The second-order valence-electron chi connectivity index (χ2n) is 9.05. The topological polar surface area (TPSA) is 96.5 Å². The first kappa shape index (κ1) is 25.5. The highest BCUT2D eigenvalue weighted by Crippen LogP contribution is 2.27. The largest absolute Gasteiger partial charge is 0.444 e. The van der Waals surface area contributed by atoms with Crippen LogP contribution in [-0.2, 0) is 14.3 Å². The molecule has 0 spiro atoms. The van der Waals surface area contributed by atoms with E-state index in [1.165, 1.54) is 0 Å². The van der Waals surface area contributed by atoms with Crippen LogP contribution < -0.4 is 16.0 Å². The van der Waals surface area contributed by atoms with Crippen molar-refractivity contribution in [2.45, 2.75) is 38.7 Å². The lowest BCUT2D eigenvalue weighted by Crippen LogP contribution is -2.34. The van der Waals surface area contributed by atoms with Gasteiger partial charge in [0.1, 0.15) is 5.60 Å². The van der Waals surface area contributed by atoms with Crippen molar-refractivity contribution in [3.63, 3.8) is 0 Å². The van der Waals surface area contributed by atoms with E-state index in [0.717, 1.165) is 11.1 Å². The van der Waals surface area contributed by atoms with Crippen LogP contribution in [0.5, 0.6) is 0 Å². The molecule has 0 saturated carbocycles. The van der Waals surface area contributed by atoms with Crippen LogP contribution in [0.25, 0.3) is 0 Å². The number of nitrogens with one attached hydrogen (secondary N) is 3. The number of ether oxygens (including phenoxy) is 1. The highest BCUT2D eigenvalue weighted by atomic mass is 16.6. The third kappa shape index (κ3) is 8.30. The molecule has 0 radical (unpaired) electrons. The van der Waals surface area contributed by atoms with E-state index in [1.54, 1.807) is 45.0 Å². The van der Waals surface area contributed by atoms with Gasteiger partial charge in [-0.1, -0.05) is 66.7 Å². The molecule has 3 aromatic carbocycles. The lowest BCUT2D eigenvalue weighted by atomic mass is 9.90. The van der Waals surface area contributed by atoms with Crippen LogP contribution in [0, 0.1) is 0 Å². The fraction of sp³-hybridized carbons (Fsp3) is 0.250. The van der Waals surface area contributed by atoms with E-state index in [9.17, 15) is 14.4 Å². The minimum atomic E-state index is -0.600. The summed E-state index contributed by atoms with van der Waals surface area (Å²) in [4.78, 5) is 37.3. The van der Waals surface area contributed by atoms with Gasteiger partial charge in [0.25, 0.3) is 0 Å². The number of hydrogen-bond donors (Lipinski definition) is 3. The second kappa shape index (κ2) is 11.8. The minimum Gasteiger partial charge on any atom is -0.444 e. The van der Waals surface area contributed by atoms with Crippen LogP contribution in [-0.4, -0.2) is 30.1 Å². The summed E-state index contributed by atoms with van der Waals surface area (Å²) < 4.78 is 5.15. The standard InChI is InChI=1S/C28H31N3O4/c1-28(2,3)35-27(34)29-18-17-24(32)30-22-15-10-16-23(19-22)31-26(33)25(20-11-6-4-7-12-20)21-13-8-5-9-14-21/h4-16,19,25H,17-18H2,1-3H3,(H,29,34)(H,30,32)(H,31,33). The van der Waals surface area contributed by atoms with Gasteiger partial charge in [-0.2, -0.15) is 0 Å². The van der Waals surface area contributed by atoms with E-state index in [1.807, 2.05) is 60.7 Å². The maximum atomic E-state index is 13.3. The number of rotatable bonds is 8. The predicted octanol–water partition coefficient (Wildman–Crippen LogP) is 5.31. The molecule has 3 rings (SSSR count). The van der Waals surface area contributed by atoms with Gasteiger partial charge in [-0.25, -0.2) is 4.79 Å². The Kier molecular flexibility index (Phi) is 8.62. The van der Waals surface area contributed by atoms with Crippen LogP contribution in [0.15, 0.2) is 84.9 Å². The van der Waals surface area contributed by atoms with Crippen molar-refractivity contribution in [1.82, 2.24) is 5.32 Å². The molecule has 0 unspecified atom stereocenters. The number of alkyl carbamates (subject to hydrolysis) is 1. The highest BCUT2D eigenvalue weighted by Gasteiger charge is 2.22. The monoisotopic (exact) mass is 473 g/mol. The quantitative estimate of drug-likeness (QED) is 0.413. The summed E-state index contributed by atoms with van der Waals surface area (Å²) in [6, 6.07) is 26.1. The van der Waals surface area contributed by atoms with Gasteiger partial charge in [-0.15, -0.1) is 0 Å². The first-order valence-electron chi connectivity index (χ1n) is 11.5. The Morgan fingerprint density at radius 3 is 1.86 bits per heavy atom. The van der Waals surface area contributed by atoms with Gasteiger partial charge in [0, 0.05) is 24.3 Å². The number of amides is 3. The molecule has 0 aliphatic rings. The molecule has 182 valence electrons. The zero-order chi connectivity index (χ0) is 25.3. The molecule has 35 heavy (non-hydrogen) atoms. The smallest absolute Gasteiger partial charge is 0.407 e. The fourth-order valence-electron chi connectivity index (χ4n) is 3.49. The zero-order valence-corrected chi connectivity index (χ0v) is 20.2. The molecule has 0 aliphatic heterocycles. The average Bonchev–Trinajstić information content (AvgIpc) is 2.80. The number of carbonyl (C=O) groups is 3. The summed E-state index contributed by atoms with van der Waals surface area (Å²) in [7, 11) is 0. The van der Waals surface area contributed by atoms with E-state index < -0.39 is 17.6 Å². The van der Waals surface area contributed by atoms with E-state index in [4.69, 9.17) is 4.74 Å². The van der Waals surface area contributed by atoms with E-state index in [2.05, 4.69) is 16.0 Å². The zero-order valence-electron chi connectivity index (χ0n) is 20.2. The predicted molar refractivity (Wildman–Crippen MR) is 137 cm³/mol. The Morgan fingerprint density at radius 2 is 1.31 bits per heavy atom. The molecule has 0 bridgehead atoms. The van der Waals surface area contributed by atoms with Crippen LogP contribution in [0.4, 0.5) is 16.2 Å². The van der Waals surface area contributed by atoms with E-state index in [0.29, 0.717) is 11.4 Å². The molecule has 0 fully saturated rings. The van der Waals surface area contributed by atoms with Crippen molar-refractivity contribution in [2.24, 2.45) is 0 Å². The fourth-order valence-corrected chi connectivity index (χ4v) is 3.49. The number of carbonyl (C=O) groups excluding carboxylic acids is 3. The van der Waals surface area contributed by atoms with Crippen molar-refractivity contribution in [3.8, 4) is 0 Å². The van der Waals surface area contributed by atoms with Crippen molar-refractivity contribution in [2.75, 3.05) is 17.2 Å². The molecular weight excluding hydrogens is 442 g/mol. The molecule has 0 aliphatic carbocycles. The number of hydrogen-bond acceptors (Lipinski definition) is 4. The van der Waals surface area contributed by atoms with Crippen molar-refractivity contribution in [3.05, 3.63) is 96.1 Å². The third-order valence-corrected chi connectivity index (χ3v) is 4.96. The lowest BCUT2D eigenvalue weighted by molar-refractivity contribution is -0.117. The Balaban J connectivity index is 1.61. The number of anilines is 2. The van der Waals surface area contributed by atoms with Gasteiger partial charge in [0.05, 0.1) is 5.92 Å². The van der Waals surface area contributed by atoms with Crippen molar-refractivity contribution < 1.29 is 19.1 Å². The molecule has 3 amide bonds. The van der Waals surface area contributed by atoms with Gasteiger partial charge < -0.3 is 20.7 Å². The first-order valence-corrected chi connectivity index (χ1v) is 11.5. The highest BCUT2D eigenvalue weighted by molar-refractivity contribution is 5.99. The van der Waals surface area contributed by atoms with Crippen LogP contribution in [0.3, 0.4) is 0 Å². The van der Waals surface area contributed by atoms with Gasteiger partial charge >= 0.3 is 6.09 Å². The molecule has 0 aromatic heterocycles. The van der Waals surface area contributed by atoms with E-state index in [-0.39, 0.29) is 24.8 Å². The Labute approximate surface area is 205 Å². The van der Waals surface area contributed by atoms with E-state index >= 15 is 0 Å².